The first kappa shape index (κ1) is 13.0. The standard InChI is InChI=1S/C12H15NO4S/c14-11(17-8-9-3-1-5-16-9)7-13-12(15)10-4-2-6-18-10/h2,4,6,9H,1,3,5,7-8H2,(H,13,15)/t9-/m0/s1. The molecule has 98 valence electrons. The highest BCUT2D eigenvalue weighted by atomic mass is 32.1. The second-order valence-corrected chi connectivity index (χ2v) is 4.93. The van der Waals surface area contributed by atoms with Gasteiger partial charge in [-0.1, -0.05) is 6.07 Å². The van der Waals surface area contributed by atoms with E-state index in [1.54, 1.807) is 12.1 Å². The van der Waals surface area contributed by atoms with Crippen molar-refractivity contribution in [1.29, 1.82) is 0 Å². The van der Waals surface area contributed by atoms with Gasteiger partial charge in [-0.25, -0.2) is 0 Å². The number of esters is 1. The molecule has 1 fully saturated rings. The third kappa shape index (κ3) is 3.82. The normalized spacial score (nSPS) is 18.6. The van der Waals surface area contributed by atoms with Gasteiger partial charge in [-0.2, -0.15) is 0 Å². The fraction of sp³-hybridized carbons (Fsp3) is 0.500. The number of nitrogens with one attached hydrogen (secondary N) is 1. The quantitative estimate of drug-likeness (QED) is 0.816. The average Bonchev–Trinajstić information content (AvgIpc) is 3.05. The number of ether oxygens (including phenoxy) is 2. The molecule has 1 aliphatic heterocycles. The van der Waals surface area contributed by atoms with E-state index in [4.69, 9.17) is 9.47 Å². The van der Waals surface area contributed by atoms with Crippen LogP contribution < -0.4 is 5.32 Å². The summed E-state index contributed by atoms with van der Waals surface area (Å²) in [5.41, 5.74) is 0. The van der Waals surface area contributed by atoms with Crippen molar-refractivity contribution < 1.29 is 19.1 Å². The van der Waals surface area contributed by atoms with Crippen LogP contribution in [0.5, 0.6) is 0 Å². The highest BCUT2D eigenvalue weighted by Crippen LogP contribution is 2.12. The van der Waals surface area contributed by atoms with E-state index in [1.807, 2.05) is 5.38 Å². The van der Waals surface area contributed by atoms with Gasteiger partial charge in [0.05, 0.1) is 11.0 Å². The summed E-state index contributed by atoms with van der Waals surface area (Å²) in [5.74, 6) is -0.686. The Balaban J connectivity index is 1.63. The van der Waals surface area contributed by atoms with E-state index >= 15 is 0 Å². The van der Waals surface area contributed by atoms with Gasteiger partial charge in [-0.3, -0.25) is 9.59 Å². The van der Waals surface area contributed by atoms with Crippen LogP contribution in [0.4, 0.5) is 0 Å². The molecule has 1 saturated heterocycles. The van der Waals surface area contributed by atoms with Crippen molar-refractivity contribution in [3.63, 3.8) is 0 Å². The molecular formula is C12H15NO4S. The van der Waals surface area contributed by atoms with E-state index < -0.39 is 5.97 Å². The number of carbonyl (C=O) groups excluding carboxylic acids is 2. The first-order chi connectivity index (χ1) is 8.75. The maximum absolute atomic E-state index is 11.5. The van der Waals surface area contributed by atoms with E-state index in [0.717, 1.165) is 19.4 Å². The van der Waals surface area contributed by atoms with E-state index in [1.165, 1.54) is 11.3 Å². The SMILES string of the molecule is O=C(CNC(=O)c1cccs1)OC[C@@H]1CCCO1. The molecule has 5 nitrogen and oxygen atoms in total. The average molecular weight is 269 g/mol. The first-order valence-corrected chi connectivity index (χ1v) is 6.72. The van der Waals surface area contributed by atoms with E-state index in [2.05, 4.69) is 5.32 Å². The molecule has 0 bridgehead atoms. The second-order valence-electron chi connectivity index (χ2n) is 3.98. The monoisotopic (exact) mass is 269 g/mol. The minimum Gasteiger partial charge on any atom is -0.462 e. The van der Waals surface area contributed by atoms with E-state index in [9.17, 15) is 9.59 Å². The lowest BCUT2D eigenvalue weighted by Gasteiger charge is -2.10. The van der Waals surface area contributed by atoms with Gasteiger partial charge in [0, 0.05) is 6.61 Å². The molecule has 0 unspecified atom stereocenters. The van der Waals surface area contributed by atoms with Gasteiger partial charge in [-0.15, -0.1) is 11.3 Å². The van der Waals surface area contributed by atoms with Crippen LogP contribution in [0.2, 0.25) is 0 Å². The topological polar surface area (TPSA) is 64.6 Å². The van der Waals surface area contributed by atoms with Gasteiger partial charge in [0.1, 0.15) is 13.2 Å². The minimum absolute atomic E-state index is 0.0157. The Morgan fingerprint density at radius 2 is 2.44 bits per heavy atom. The molecule has 0 spiro atoms. The lowest BCUT2D eigenvalue weighted by atomic mass is 10.2. The molecule has 1 N–H and O–H groups in total. The highest BCUT2D eigenvalue weighted by Gasteiger charge is 2.17. The lowest BCUT2D eigenvalue weighted by Crippen LogP contribution is -2.31. The largest absolute Gasteiger partial charge is 0.462 e. The second kappa shape index (κ2) is 6.51. The number of carbonyl (C=O) groups is 2. The molecule has 2 heterocycles. The van der Waals surface area contributed by atoms with Crippen molar-refractivity contribution in [2.24, 2.45) is 0 Å². The molecule has 1 atom stereocenters. The van der Waals surface area contributed by atoms with Gasteiger partial charge >= 0.3 is 5.97 Å². The van der Waals surface area contributed by atoms with Crippen molar-refractivity contribution in [1.82, 2.24) is 5.32 Å². The van der Waals surface area contributed by atoms with Crippen LogP contribution >= 0.6 is 11.3 Å². The Morgan fingerprint density at radius 3 is 3.11 bits per heavy atom. The Hall–Kier alpha value is -1.40. The summed E-state index contributed by atoms with van der Waals surface area (Å²) in [6, 6.07) is 3.49. The summed E-state index contributed by atoms with van der Waals surface area (Å²) in [7, 11) is 0. The summed E-state index contributed by atoms with van der Waals surface area (Å²) < 4.78 is 10.3. The summed E-state index contributed by atoms with van der Waals surface area (Å²) in [6.07, 6.45) is 1.95. The van der Waals surface area contributed by atoms with Crippen LogP contribution in [-0.4, -0.2) is 37.7 Å². The van der Waals surface area contributed by atoms with Crippen LogP contribution in [-0.2, 0) is 14.3 Å². The van der Waals surface area contributed by atoms with Crippen LogP contribution in [0, 0.1) is 0 Å². The van der Waals surface area contributed by atoms with Crippen LogP contribution in [0.15, 0.2) is 17.5 Å². The van der Waals surface area contributed by atoms with Crippen LogP contribution in [0.1, 0.15) is 22.5 Å². The van der Waals surface area contributed by atoms with E-state index in [-0.39, 0.29) is 25.2 Å². The minimum atomic E-state index is -0.435. The maximum Gasteiger partial charge on any atom is 0.325 e. The summed E-state index contributed by atoms with van der Waals surface area (Å²) >= 11 is 1.33. The molecule has 1 aliphatic rings. The van der Waals surface area contributed by atoms with Crippen molar-refractivity contribution in [3.05, 3.63) is 22.4 Å². The molecular weight excluding hydrogens is 254 g/mol. The third-order valence-electron chi connectivity index (χ3n) is 2.59. The van der Waals surface area contributed by atoms with Crippen LogP contribution in [0.3, 0.4) is 0 Å². The smallest absolute Gasteiger partial charge is 0.325 e. The van der Waals surface area contributed by atoms with Crippen LogP contribution in [0.25, 0.3) is 0 Å². The number of hydrogen-bond acceptors (Lipinski definition) is 5. The van der Waals surface area contributed by atoms with Gasteiger partial charge in [0.25, 0.3) is 5.91 Å². The van der Waals surface area contributed by atoms with E-state index in [0.29, 0.717) is 4.88 Å². The van der Waals surface area contributed by atoms with Gasteiger partial charge in [0.15, 0.2) is 0 Å². The maximum atomic E-state index is 11.5. The van der Waals surface area contributed by atoms with Gasteiger partial charge < -0.3 is 14.8 Å². The number of thiophene rings is 1. The first-order valence-electron chi connectivity index (χ1n) is 5.84. The molecule has 1 aromatic heterocycles. The Labute approximate surface area is 109 Å². The number of hydrogen-bond donors (Lipinski definition) is 1. The predicted molar refractivity (Wildman–Crippen MR) is 66.6 cm³/mol. The molecule has 0 aliphatic carbocycles. The molecule has 1 amide bonds. The van der Waals surface area contributed by atoms with Crippen molar-refractivity contribution >= 4 is 23.2 Å². The third-order valence-corrected chi connectivity index (χ3v) is 3.46. The van der Waals surface area contributed by atoms with Gasteiger partial charge in [-0.05, 0) is 24.3 Å². The zero-order valence-electron chi connectivity index (χ0n) is 9.89. The molecule has 1 aromatic rings. The molecule has 0 saturated carbocycles. The molecule has 0 radical (unpaired) electrons. The molecule has 18 heavy (non-hydrogen) atoms. The van der Waals surface area contributed by atoms with Crippen molar-refractivity contribution in [2.75, 3.05) is 19.8 Å². The van der Waals surface area contributed by atoms with Crippen molar-refractivity contribution in [3.8, 4) is 0 Å². The Kier molecular flexibility index (Phi) is 4.72. The molecule has 6 heteroatoms. The fourth-order valence-corrected chi connectivity index (χ4v) is 2.30. The Bertz CT molecular complexity index is 398. The highest BCUT2D eigenvalue weighted by molar-refractivity contribution is 7.12. The van der Waals surface area contributed by atoms with Crippen molar-refractivity contribution in [2.45, 2.75) is 18.9 Å². The number of amides is 1. The summed E-state index contributed by atoms with van der Waals surface area (Å²) in [5, 5.41) is 4.33. The molecule has 2 rings (SSSR count). The zero-order valence-corrected chi connectivity index (χ0v) is 10.7. The predicted octanol–water partition coefficient (Wildman–Crippen LogP) is 1.20. The lowest BCUT2D eigenvalue weighted by molar-refractivity contribution is -0.145. The zero-order chi connectivity index (χ0) is 12.8. The number of rotatable bonds is 5. The fourth-order valence-electron chi connectivity index (χ4n) is 1.66. The molecule has 0 aromatic carbocycles. The summed E-state index contributed by atoms with van der Waals surface area (Å²) in [4.78, 5) is 23.5. The summed E-state index contributed by atoms with van der Waals surface area (Å²) in [6.45, 7) is 0.897. The van der Waals surface area contributed by atoms with Gasteiger partial charge in [0.2, 0.25) is 0 Å². The Morgan fingerprint density at radius 1 is 1.56 bits per heavy atom.